The highest BCUT2D eigenvalue weighted by atomic mass is 28.3. The van der Waals surface area contributed by atoms with Gasteiger partial charge in [0.25, 0.3) is 0 Å². The molecule has 0 radical (unpaired) electrons. The highest BCUT2D eigenvalue weighted by molar-refractivity contribution is 6.80. The molecule has 2 atom stereocenters. The molecule has 0 aromatic carbocycles. The molecule has 16 heavy (non-hydrogen) atoms. The first-order valence-electron chi connectivity index (χ1n) is 5.95. The van der Waals surface area contributed by atoms with Gasteiger partial charge in [-0.1, -0.05) is 19.6 Å². The van der Waals surface area contributed by atoms with Crippen LogP contribution in [-0.2, 0) is 14.3 Å². The average Bonchev–Trinajstić information content (AvgIpc) is 2.15. The number of Topliss-reactive ketones (excluding diaryl/α,β-unsaturated/α-hetero) is 1. The molecule has 0 aliphatic heterocycles. The molecule has 0 amide bonds. The molecule has 1 aliphatic carbocycles. The van der Waals surface area contributed by atoms with Crippen LogP contribution in [0.15, 0.2) is 0 Å². The van der Waals surface area contributed by atoms with E-state index in [0.717, 1.165) is 12.8 Å². The van der Waals surface area contributed by atoms with Gasteiger partial charge in [-0.3, -0.25) is 9.59 Å². The smallest absolute Gasteiger partial charge is 0.306 e. The van der Waals surface area contributed by atoms with Gasteiger partial charge in [-0.25, -0.2) is 0 Å². The van der Waals surface area contributed by atoms with Crippen LogP contribution in [0, 0.1) is 5.92 Å². The standard InChI is InChI=1S/C12H22O3Si/c1-15-12(14)11(16(2,3)4)9-6-5-7-10(13)8-9/h9,11H,5-8H2,1-4H3. The van der Waals surface area contributed by atoms with Gasteiger partial charge in [0.15, 0.2) is 0 Å². The van der Waals surface area contributed by atoms with Crippen molar-refractivity contribution in [2.24, 2.45) is 5.92 Å². The molecule has 0 bridgehead atoms. The minimum absolute atomic E-state index is 0.0262. The summed E-state index contributed by atoms with van der Waals surface area (Å²) in [6, 6.07) is 0. The summed E-state index contributed by atoms with van der Waals surface area (Å²) in [6.45, 7) is 6.52. The van der Waals surface area contributed by atoms with Crippen molar-refractivity contribution in [3.05, 3.63) is 0 Å². The summed E-state index contributed by atoms with van der Waals surface area (Å²) in [5.41, 5.74) is -0.0262. The molecule has 0 spiro atoms. The summed E-state index contributed by atoms with van der Waals surface area (Å²) in [5, 5.41) is 0. The van der Waals surface area contributed by atoms with Crippen LogP contribution in [0.4, 0.5) is 0 Å². The van der Waals surface area contributed by atoms with E-state index in [1.807, 2.05) is 0 Å². The van der Waals surface area contributed by atoms with Gasteiger partial charge in [0.2, 0.25) is 0 Å². The molecule has 92 valence electrons. The van der Waals surface area contributed by atoms with E-state index in [2.05, 4.69) is 19.6 Å². The van der Waals surface area contributed by atoms with Gasteiger partial charge in [-0.05, 0) is 18.8 Å². The zero-order chi connectivity index (χ0) is 12.3. The van der Waals surface area contributed by atoms with E-state index < -0.39 is 8.07 Å². The lowest BCUT2D eigenvalue weighted by atomic mass is 9.86. The van der Waals surface area contributed by atoms with Crippen LogP contribution in [0.25, 0.3) is 0 Å². The summed E-state index contributed by atoms with van der Waals surface area (Å²) in [5.74, 6) is 0.419. The molecular formula is C12H22O3Si. The maximum absolute atomic E-state index is 11.9. The fourth-order valence-electron chi connectivity index (χ4n) is 2.72. The second-order valence-corrected chi connectivity index (χ2v) is 11.1. The Balaban J connectivity index is 2.84. The monoisotopic (exact) mass is 242 g/mol. The van der Waals surface area contributed by atoms with Crippen LogP contribution < -0.4 is 0 Å². The Hall–Kier alpha value is -0.643. The van der Waals surface area contributed by atoms with Crippen molar-refractivity contribution < 1.29 is 14.3 Å². The van der Waals surface area contributed by atoms with Gasteiger partial charge in [0.1, 0.15) is 5.78 Å². The lowest BCUT2D eigenvalue weighted by Gasteiger charge is -2.35. The molecule has 0 heterocycles. The highest BCUT2D eigenvalue weighted by Crippen LogP contribution is 2.39. The van der Waals surface area contributed by atoms with Gasteiger partial charge < -0.3 is 4.74 Å². The molecule has 1 aliphatic rings. The van der Waals surface area contributed by atoms with E-state index in [9.17, 15) is 9.59 Å². The Morgan fingerprint density at radius 2 is 2.06 bits per heavy atom. The molecule has 2 unspecified atom stereocenters. The fraction of sp³-hybridized carbons (Fsp3) is 0.833. The van der Waals surface area contributed by atoms with Crippen molar-refractivity contribution in [3.63, 3.8) is 0 Å². The van der Waals surface area contributed by atoms with Gasteiger partial charge in [0, 0.05) is 12.8 Å². The average molecular weight is 242 g/mol. The first-order valence-corrected chi connectivity index (χ1v) is 9.53. The van der Waals surface area contributed by atoms with Crippen molar-refractivity contribution in [2.45, 2.75) is 50.9 Å². The van der Waals surface area contributed by atoms with Crippen LogP contribution in [0.2, 0.25) is 25.2 Å². The largest absolute Gasteiger partial charge is 0.469 e. The van der Waals surface area contributed by atoms with Crippen molar-refractivity contribution in [1.82, 2.24) is 0 Å². The predicted octanol–water partition coefficient (Wildman–Crippen LogP) is 2.63. The van der Waals surface area contributed by atoms with E-state index in [1.54, 1.807) is 0 Å². The quantitative estimate of drug-likeness (QED) is 0.564. The lowest BCUT2D eigenvalue weighted by molar-refractivity contribution is -0.142. The van der Waals surface area contributed by atoms with Crippen molar-refractivity contribution in [1.29, 1.82) is 0 Å². The predicted molar refractivity (Wildman–Crippen MR) is 66.1 cm³/mol. The molecule has 0 saturated heterocycles. The molecule has 1 saturated carbocycles. The summed E-state index contributed by atoms with van der Waals surface area (Å²) in [7, 11) is -0.170. The first-order chi connectivity index (χ1) is 7.36. The van der Waals surface area contributed by atoms with Crippen LogP contribution in [0.5, 0.6) is 0 Å². The Labute approximate surface area is 98.6 Å². The van der Waals surface area contributed by atoms with Crippen molar-refractivity contribution in [2.75, 3.05) is 7.11 Å². The molecular weight excluding hydrogens is 220 g/mol. The summed E-state index contributed by atoms with van der Waals surface area (Å²) < 4.78 is 4.91. The second kappa shape index (κ2) is 5.12. The van der Waals surface area contributed by atoms with E-state index >= 15 is 0 Å². The highest BCUT2D eigenvalue weighted by Gasteiger charge is 2.41. The van der Waals surface area contributed by atoms with Gasteiger partial charge >= 0.3 is 5.97 Å². The van der Waals surface area contributed by atoms with E-state index in [4.69, 9.17) is 4.74 Å². The van der Waals surface area contributed by atoms with Crippen LogP contribution in [0.3, 0.4) is 0 Å². The third-order valence-corrected chi connectivity index (χ3v) is 5.95. The topological polar surface area (TPSA) is 43.4 Å². The number of ether oxygens (including phenoxy) is 1. The number of hydrogen-bond donors (Lipinski definition) is 0. The lowest BCUT2D eigenvalue weighted by Crippen LogP contribution is -2.41. The SMILES string of the molecule is COC(=O)C(C1CCCC(=O)C1)[Si](C)(C)C. The molecule has 0 aromatic rings. The zero-order valence-electron chi connectivity index (χ0n) is 10.7. The number of carbonyl (C=O) groups excluding carboxylic acids is 2. The Morgan fingerprint density at radius 1 is 1.44 bits per heavy atom. The van der Waals surface area contributed by atoms with Gasteiger partial charge in [0.05, 0.1) is 20.7 Å². The first kappa shape index (κ1) is 13.4. The minimum atomic E-state index is -1.61. The number of hydrogen-bond acceptors (Lipinski definition) is 3. The Morgan fingerprint density at radius 3 is 2.50 bits per heavy atom. The van der Waals surface area contributed by atoms with Crippen molar-refractivity contribution >= 4 is 19.8 Å². The maximum Gasteiger partial charge on any atom is 0.306 e. The van der Waals surface area contributed by atoms with Gasteiger partial charge in [-0.15, -0.1) is 0 Å². The fourth-order valence-corrected chi connectivity index (χ4v) is 5.25. The zero-order valence-corrected chi connectivity index (χ0v) is 11.7. The Bertz CT molecular complexity index is 280. The molecule has 3 nitrogen and oxygen atoms in total. The van der Waals surface area contributed by atoms with Crippen LogP contribution in [0.1, 0.15) is 25.7 Å². The summed E-state index contributed by atoms with van der Waals surface area (Å²) in [6.07, 6.45) is 3.19. The molecule has 1 fully saturated rings. The Kier molecular flexibility index (Phi) is 4.30. The second-order valence-electron chi connectivity index (χ2n) is 5.76. The van der Waals surface area contributed by atoms with Crippen LogP contribution in [-0.4, -0.2) is 26.9 Å². The third-order valence-electron chi connectivity index (χ3n) is 3.38. The number of methoxy groups -OCH3 is 1. The normalized spacial score (nSPS) is 24.0. The molecule has 1 rings (SSSR count). The summed E-state index contributed by atoms with van der Waals surface area (Å²) in [4.78, 5) is 23.3. The van der Waals surface area contributed by atoms with E-state index in [1.165, 1.54) is 7.11 Å². The summed E-state index contributed by atoms with van der Waals surface area (Å²) >= 11 is 0. The molecule has 0 N–H and O–H groups in total. The number of esters is 1. The number of ketones is 1. The third kappa shape index (κ3) is 3.17. The molecule has 0 aromatic heterocycles. The maximum atomic E-state index is 11.9. The van der Waals surface area contributed by atoms with Crippen LogP contribution >= 0.6 is 0 Å². The number of rotatable bonds is 3. The van der Waals surface area contributed by atoms with Gasteiger partial charge in [-0.2, -0.15) is 0 Å². The van der Waals surface area contributed by atoms with Crippen molar-refractivity contribution in [3.8, 4) is 0 Å². The number of carbonyl (C=O) groups is 2. The molecule has 4 heteroatoms. The van der Waals surface area contributed by atoms with E-state index in [-0.39, 0.29) is 17.4 Å². The van der Waals surface area contributed by atoms with E-state index in [0.29, 0.717) is 18.6 Å². The minimum Gasteiger partial charge on any atom is -0.469 e.